The second-order valence-electron chi connectivity index (χ2n) is 8.77. The topological polar surface area (TPSA) is 105 Å². The van der Waals surface area contributed by atoms with E-state index in [2.05, 4.69) is 15.8 Å². The van der Waals surface area contributed by atoms with Gasteiger partial charge in [0.15, 0.2) is 5.82 Å². The van der Waals surface area contributed by atoms with E-state index in [0.717, 1.165) is 25.7 Å². The van der Waals surface area contributed by atoms with Crippen LogP contribution in [0.15, 0.2) is 71.3 Å². The van der Waals surface area contributed by atoms with Crippen molar-refractivity contribution in [3.63, 3.8) is 0 Å². The minimum absolute atomic E-state index is 0.0557. The van der Waals surface area contributed by atoms with Crippen molar-refractivity contribution in [2.24, 2.45) is 0 Å². The second kappa shape index (κ2) is 11.5. The van der Waals surface area contributed by atoms with Crippen LogP contribution in [0.2, 0.25) is 0 Å². The summed E-state index contributed by atoms with van der Waals surface area (Å²) in [4.78, 5) is 41.1. The fourth-order valence-electron chi connectivity index (χ4n) is 4.40. The van der Waals surface area contributed by atoms with Crippen LogP contribution in [-0.2, 0) is 14.4 Å². The first-order valence-corrected chi connectivity index (χ1v) is 12.0. The molecule has 1 heterocycles. The maximum atomic E-state index is 13.6. The lowest BCUT2D eigenvalue weighted by atomic mass is 10.0. The summed E-state index contributed by atoms with van der Waals surface area (Å²) in [5, 5.41) is 9.54. The summed E-state index contributed by atoms with van der Waals surface area (Å²) < 4.78 is 4.96. The molecule has 3 amide bonds. The van der Waals surface area contributed by atoms with Gasteiger partial charge in [0.1, 0.15) is 11.8 Å². The molecule has 8 nitrogen and oxygen atoms in total. The Morgan fingerprint density at radius 2 is 1.66 bits per heavy atom. The van der Waals surface area contributed by atoms with Crippen LogP contribution in [-0.4, -0.2) is 28.9 Å². The maximum Gasteiger partial charge on any atom is 0.248 e. The zero-order valence-electron chi connectivity index (χ0n) is 19.8. The van der Waals surface area contributed by atoms with Crippen LogP contribution in [0.5, 0.6) is 0 Å². The summed E-state index contributed by atoms with van der Waals surface area (Å²) in [6.07, 6.45) is 3.92. The molecular weight excluding hydrogens is 444 g/mol. The molecule has 0 bridgehead atoms. The standard InChI is InChI=1S/C27H30N4O4/c1-19-18-23(30-35-19)29-24(32)16-17-25(33)31(22-14-6-3-7-15-22)26(20-10-4-2-5-11-20)27(34)28-21-12-8-9-13-21/h2-7,10-11,14-15,18,21,26H,8-9,12-13,16-17H2,1H3,(H,28,34)(H,29,30,32)/t26-/m0/s1. The lowest BCUT2D eigenvalue weighted by Crippen LogP contribution is -2.46. The number of hydrogen-bond acceptors (Lipinski definition) is 5. The Hall–Kier alpha value is -3.94. The second-order valence-corrected chi connectivity index (χ2v) is 8.77. The van der Waals surface area contributed by atoms with Crippen molar-refractivity contribution >= 4 is 29.2 Å². The van der Waals surface area contributed by atoms with Crippen LogP contribution in [0.25, 0.3) is 0 Å². The zero-order valence-corrected chi connectivity index (χ0v) is 19.8. The molecule has 2 N–H and O–H groups in total. The Kier molecular flexibility index (Phi) is 7.92. The molecule has 0 radical (unpaired) electrons. The third-order valence-corrected chi connectivity index (χ3v) is 6.09. The van der Waals surface area contributed by atoms with Gasteiger partial charge in [-0.2, -0.15) is 0 Å². The van der Waals surface area contributed by atoms with Gasteiger partial charge in [0, 0.05) is 30.6 Å². The lowest BCUT2D eigenvalue weighted by Gasteiger charge is -2.32. The Balaban J connectivity index is 1.57. The van der Waals surface area contributed by atoms with Crippen molar-refractivity contribution in [3.8, 4) is 0 Å². The van der Waals surface area contributed by atoms with Crippen LogP contribution in [0, 0.1) is 6.92 Å². The number of carbonyl (C=O) groups is 3. The Morgan fingerprint density at radius 3 is 2.29 bits per heavy atom. The number of carbonyl (C=O) groups excluding carboxylic acids is 3. The molecule has 1 saturated carbocycles. The van der Waals surface area contributed by atoms with Crippen LogP contribution in [0.4, 0.5) is 11.5 Å². The van der Waals surface area contributed by atoms with Crippen LogP contribution >= 0.6 is 0 Å². The lowest BCUT2D eigenvalue weighted by molar-refractivity contribution is -0.127. The molecule has 0 saturated heterocycles. The van der Waals surface area contributed by atoms with Gasteiger partial charge in [-0.25, -0.2) is 0 Å². The SMILES string of the molecule is Cc1cc(NC(=O)CCC(=O)N(c2ccccc2)[C@H](C(=O)NC2CCCC2)c2ccccc2)no1. The van der Waals surface area contributed by atoms with Gasteiger partial charge in [-0.05, 0) is 37.5 Å². The molecule has 8 heteroatoms. The molecule has 1 aliphatic carbocycles. The van der Waals surface area contributed by atoms with Crippen molar-refractivity contribution in [2.45, 2.75) is 57.5 Å². The summed E-state index contributed by atoms with van der Waals surface area (Å²) in [6, 6.07) is 19.3. The third-order valence-electron chi connectivity index (χ3n) is 6.09. The Bertz CT molecular complexity index is 1140. The van der Waals surface area contributed by atoms with Gasteiger partial charge < -0.3 is 15.2 Å². The van der Waals surface area contributed by atoms with Gasteiger partial charge >= 0.3 is 0 Å². The molecule has 4 rings (SSSR count). The van der Waals surface area contributed by atoms with Crippen molar-refractivity contribution in [1.29, 1.82) is 0 Å². The van der Waals surface area contributed by atoms with Gasteiger partial charge in [-0.1, -0.05) is 66.5 Å². The number of rotatable bonds is 9. The number of hydrogen-bond donors (Lipinski definition) is 2. The first-order chi connectivity index (χ1) is 17.0. The highest BCUT2D eigenvalue weighted by Gasteiger charge is 2.34. The van der Waals surface area contributed by atoms with Gasteiger partial charge in [0.05, 0.1) is 0 Å². The molecule has 35 heavy (non-hydrogen) atoms. The largest absolute Gasteiger partial charge is 0.360 e. The minimum atomic E-state index is -0.854. The van der Waals surface area contributed by atoms with E-state index in [1.54, 1.807) is 25.1 Å². The number of aromatic nitrogens is 1. The summed E-state index contributed by atoms with van der Waals surface area (Å²) >= 11 is 0. The molecule has 0 spiro atoms. The van der Waals surface area contributed by atoms with Gasteiger partial charge in [-0.15, -0.1) is 0 Å². The van der Waals surface area contributed by atoms with Gasteiger partial charge in [0.2, 0.25) is 17.7 Å². The molecule has 3 aromatic rings. The summed E-state index contributed by atoms with van der Waals surface area (Å²) in [7, 11) is 0. The summed E-state index contributed by atoms with van der Waals surface area (Å²) in [5.41, 5.74) is 1.31. The number of anilines is 2. The number of aryl methyl sites for hydroxylation is 1. The van der Waals surface area contributed by atoms with Crippen molar-refractivity contribution in [3.05, 3.63) is 78.1 Å². The quantitative estimate of drug-likeness (QED) is 0.474. The molecule has 1 fully saturated rings. The number of para-hydroxylation sites is 1. The van der Waals surface area contributed by atoms with E-state index >= 15 is 0 Å². The third kappa shape index (κ3) is 6.35. The number of nitrogens with one attached hydrogen (secondary N) is 2. The summed E-state index contributed by atoms with van der Waals surface area (Å²) in [5.74, 6) is -0.0177. The average molecular weight is 475 g/mol. The molecule has 0 unspecified atom stereocenters. The minimum Gasteiger partial charge on any atom is -0.360 e. The highest BCUT2D eigenvalue weighted by Crippen LogP contribution is 2.30. The van der Waals surface area contributed by atoms with Crippen molar-refractivity contribution in [1.82, 2.24) is 10.5 Å². The molecular formula is C27H30N4O4. The van der Waals surface area contributed by atoms with E-state index in [4.69, 9.17) is 4.52 Å². The molecule has 182 valence electrons. The highest BCUT2D eigenvalue weighted by atomic mass is 16.5. The molecule has 0 aliphatic heterocycles. The van der Waals surface area contributed by atoms with E-state index < -0.39 is 6.04 Å². The number of amides is 3. The van der Waals surface area contributed by atoms with Gasteiger partial charge in [0.25, 0.3) is 0 Å². The van der Waals surface area contributed by atoms with Crippen LogP contribution < -0.4 is 15.5 Å². The molecule has 1 aromatic heterocycles. The Labute approximate surface area is 204 Å². The normalized spacial score (nSPS) is 14.3. The van der Waals surface area contributed by atoms with Crippen LogP contribution in [0.3, 0.4) is 0 Å². The monoisotopic (exact) mass is 474 g/mol. The molecule has 2 aromatic carbocycles. The van der Waals surface area contributed by atoms with E-state index in [9.17, 15) is 14.4 Å². The van der Waals surface area contributed by atoms with E-state index in [0.29, 0.717) is 22.8 Å². The molecule has 1 aliphatic rings. The molecule has 1 atom stereocenters. The van der Waals surface area contributed by atoms with Gasteiger partial charge in [-0.3, -0.25) is 19.3 Å². The predicted molar refractivity (Wildman–Crippen MR) is 133 cm³/mol. The number of nitrogens with zero attached hydrogens (tertiary/aromatic N) is 2. The Morgan fingerprint density at radius 1 is 1.00 bits per heavy atom. The zero-order chi connectivity index (χ0) is 24.6. The van der Waals surface area contributed by atoms with E-state index in [-0.39, 0.29) is 36.6 Å². The highest BCUT2D eigenvalue weighted by molar-refractivity contribution is 6.03. The first kappa shape index (κ1) is 24.2. The predicted octanol–water partition coefficient (Wildman–Crippen LogP) is 4.54. The average Bonchev–Trinajstić information content (AvgIpc) is 3.53. The maximum absolute atomic E-state index is 13.6. The summed E-state index contributed by atoms with van der Waals surface area (Å²) in [6.45, 7) is 1.73. The first-order valence-electron chi connectivity index (χ1n) is 12.0. The fourth-order valence-corrected chi connectivity index (χ4v) is 4.40. The van der Waals surface area contributed by atoms with Crippen molar-refractivity contribution in [2.75, 3.05) is 10.2 Å². The van der Waals surface area contributed by atoms with Crippen LogP contribution in [0.1, 0.15) is 55.9 Å². The number of benzene rings is 2. The fraction of sp³-hybridized carbons (Fsp3) is 0.333. The smallest absolute Gasteiger partial charge is 0.248 e. The van der Waals surface area contributed by atoms with E-state index in [1.807, 2.05) is 48.5 Å². The van der Waals surface area contributed by atoms with E-state index in [1.165, 1.54) is 4.90 Å². The van der Waals surface area contributed by atoms with Crippen molar-refractivity contribution < 1.29 is 18.9 Å².